The van der Waals surface area contributed by atoms with Crippen molar-refractivity contribution in [3.8, 4) is 5.69 Å². The van der Waals surface area contributed by atoms with Gasteiger partial charge in [0.2, 0.25) is 0 Å². The van der Waals surface area contributed by atoms with Crippen molar-refractivity contribution < 1.29 is 0 Å². The Hall–Kier alpha value is -3.06. The molecule has 7 heteroatoms. The van der Waals surface area contributed by atoms with Gasteiger partial charge in [-0.3, -0.25) is 14.5 Å². The predicted molar refractivity (Wildman–Crippen MR) is 103 cm³/mol. The highest BCUT2D eigenvalue weighted by molar-refractivity contribution is 7.71. The number of para-hydroxylation sites is 1. The summed E-state index contributed by atoms with van der Waals surface area (Å²) in [4.78, 5) is 12.6. The molecule has 0 aliphatic carbocycles. The Balaban J connectivity index is 1.68. The molecule has 0 atom stereocenters. The Morgan fingerprint density at radius 1 is 1.12 bits per heavy atom. The second kappa shape index (κ2) is 6.68. The molecule has 0 radical (unpaired) electrons. The molecule has 0 spiro atoms. The summed E-state index contributed by atoms with van der Waals surface area (Å²) in [7, 11) is 0. The van der Waals surface area contributed by atoms with E-state index >= 15 is 0 Å². The van der Waals surface area contributed by atoms with Gasteiger partial charge in [-0.05, 0) is 36.8 Å². The SMILES string of the molecule is Cc1ccccc1-n1c(CCn2ncc3ccccc3c2=O)n[nH]c1=S. The average molecular weight is 363 g/mol. The van der Waals surface area contributed by atoms with Crippen molar-refractivity contribution in [2.24, 2.45) is 0 Å². The van der Waals surface area contributed by atoms with E-state index in [9.17, 15) is 4.79 Å². The Morgan fingerprint density at radius 3 is 2.73 bits per heavy atom. The molecule has 2 aromatic heterocycles. The summed E-state index contributed by atoms with van der Waals surface area (Å²) in [6, 6.07) is 15.5. The Morgan fingerprint density at radius 2 is 1.88 bits per heavy atom. The third-order valence-electron chi connectivity index (χ3n) is 4.41. The van der Waals surface area contributed by atoms with E-state index in [4.69, 9.17) is 12.2 Å². The fraction of sp³-hybridized carbons (Fsp3) is 0.158. The Labute approximate surface area is 154 Å². The maximum Gasteiger partial charge on any atom is 0.274 e. The summed E-state index contributed by atoms with van der Waals surface area (Å²) in [6.45, 7) is 2.46. The van der Waals surface area contributed by atoms with Gasteiger partial charge in [-0.15, -0.1) is 0 Å². The summed E-state index contributed by atoms with van der Waals surface area (Å²) in [6.07, 6.45) is 2.25. The van der Waals surface area contributed by atoms with Gasteiger partial charge in [0.15, 0.2) is 4.77 Å². The van der Waals surface area contributed by atoms with Crippen LogP contribution in [0.5, 0.6) is 0 Å². The molecule has 0 unspecified atom stereocenters. The van der Waals surface area contributed by atoms with E-state index < -0.39 is 0 Å². The van der Waals surface area contributed by atoms with E-state index in [-0.39, 0.29) is 5.56 Å². The normalized spacial score (nSPS) is 11.1. The first-order valence-electron chi connectivity index (χ1n) is 8.32. The first kappa shape index (κ1) is 16.4. The lowest BCUT2D eigenvalue weighted by Gasteiger charge is -2.10. The summed E-state index contributed by atoms with van der Waals surface area (Å²) >= 11 is 5.40. The lowest BCUT2D eigenvalue weighted by Crippen LogP contribution is -2.24. The minimum Gasteiger partial charge on any atom is -0.272 e. The third kappa shape index (κ3) is 2.86. The van der Waals surface area contributed by atoms with Crippen molar-refractivity contribution in [1.82, 2.24) is 24.5 Å². The number of aryl methyl sites for hydroxylation is 3. The lowest BCUT2D eigenvalue weighted by molar-refractivity contribution is 0.568. The number of benzene rings is 2. The van der Waals surface area contributed by atoms with Gasteiger partial charge in [-0.25, -0.2) is 4.68 Å². The Bertz CT molecular complexity index is 1200. The number of hydrogen-bond acceptors (Lipinski definition) is 4. The van der Waals surface area contributed by atoms with E-state index in [1.807, 2.05) is 60.0 Å². The number of aromatic nitrogens is 5. The monoisotopic (exact) mass is 363 g/mol. The standard InChI is InChI=1S/C19H17N5OS/c1-13-6-2-5-9-16(13)24-17(21-22-19(24)26)10-11-23-18(25)15-8-4-3-7-14(15)12-20-23/h2-9,12H,10-11H2,1H3,(H,22,26). The van der Waals surface area contributed by atoms with Gasteiger partial charge in [-0.2, -0.15) is 10.2 Å². The minimum atomic E-state index is -0.0975. The highest BCUT2D eigenvalue weighted by Crippen LogP contribution is 2.16. The molecule has 2 heterocycles. The highest BCUT2D eigenvalue weighted by Gasteiger charge is 2.11. The minimum absolute atomic E-state index is 0.0975. The number of H-pyrrole nitrogens is 1. The van der Waals surface area contributed by atoms with E-state index in [2.05, 4.69) is 15.3 Å². The van der Waals surface area contributed by atoms with E-state index in [1.54, 1.807) is 6.20 Å². The molecule has 0 bridgehead atoms. The fourth-order valence-corrected chi connectivity index (χ4v) is 3.30. The zero-order chi connectivity index (χ0) is 18.1. The van der Waals surface area contributed by atoms with Crippen LogP contribution in [0.2, 0.25) is 0 Å². The molecule has 0 saturated heterocycles. The predicted octanol–water partition coefficient (Wildman–Crippen LogP) is 3.19. The second-order valence-corrected chi connectivity index (χ2v) is 6.46. The number of fused-ring (bicyclic) bond motifs is 1. The number of nitrogens with one attached hydrogen (secondary N) is 1. The lowest BCUT2D eigenvalue weighted by atomic mass is 10.2. The zero-order valence-corrected chi connectivity index (χ0v) is 15.0. The van der Waals surface area contributed by atoms with Gasteiger partial charge in [0.1, 0.15) is 5.82 Å². The highest BCUT2D eigenvalue weighted by atomic mass is 32.1. The van der Waals surface area contributed by atoms with Crippen LogP contribution >= 0.6 is 12.2 Å². The molecule has 26 heavy (non-hydrogen) atoms. The van der Waals surface area contributed by atoms with Crippen molar-refractivity contribution >= 4 is 23.0 Å². The molecule has 1 N–H and O–H groups in total. The topological polar surface area (TPSA) is 68.5 Å². The van der Waals surface area contributed by atoms with Gasteiger partial charge in [0.05, 0.1) is 23.8 Å². The summed E-state index contributed by atoms with van der Waals surface area (Å²) in [5.41, 5.74) is 1.99. The first-order chi connectivity index (χ1) is 12.6. The van der Waals surface area contributed by atoms with E-state index in [0.717, 1.165) is 22.5 Å². The largest absolute Gasteiger partial charge is 0.274 e. The summed E-state index contributed by atoms with van der Waals surface area (Å²) in [5.74, 6) is 0.770. The van der Waals surface area contributed by atoms with Crippen molar-refractivity contribution in [2.45, 2.75) is 19.9 Å². The maximum absolute atomic E-state index is 12.6. The average Bonchev–Trinajstić information content (AvgIpc) is 3.02. The van der Waals surface area contributed by atoms with E-state index in [0.29, 0.717) is 23.1 Å². The van der Waals surface area contributed by atoms with Crippen LogP contribution in [0, 0.1) is 11.7 Å². The quantitative estimate of drug-likeness (QED) is 0.566. The van der Waals surface area contributed by atoms with Gasteiger partial charge >= 0.3 is 0 Å². The fourth-order valence-electron chi connectivity index (χ4n) is 3.05. The van der Waals surface area contributed by atoms with Crippen molar-refractivity contribution in [3.63, 3.8) is 0 Å². The molecule has 4 aromatic rings. The Kier molecular flexibility index (Phi) is 4.22. The van der Waals surface area contributed by atoms with Crippen LogP contribution in [0.25, 0.3) is 16.5 Å². The second-order valence-electron chi connectivity index (χ2n) is 6.08. The molecule has 0 amide bonds. The van der Waals surface area contributed by atoms with Crippen molar-refractivity contribution in [3.05, 3.63) is 81.2 Å². The van der Waals surface area contributed by atoms with Crippen LogP contribution in [0.15, 0.2) is 59.5 Å². The number of rotatable bonds is 4. The van der Waals surface area contributed by atoms with Gasteiger partial charge < -0.3 is 0 Å². The smallest absolute Gasteiger partial charge is 0.272 e. The molecule has 130 valence electrons. The molecule has 0 aliphatic heterocycles. The molecule has 0 fully saturated rings. The molecular weight excluding hydrogens is 346 g/mol. The zero-order valence-electron chi connectivity index (χ0n) is 14.2. The molecule has 6 nitrogen and oxygen atoms in total. The first-order valence-corrected chi connectivity index (χ1v) is 8.73. The van der Waals surface area contributed by atoms with Crippen LogP contribution < -0.4 is 5.56 Å². The van der Waals surface area contributed by atoms with Crippen LogP contribution in [0.3, 0.4) is 0 Å². The van der Waals surface area contributed by atoms with Gasteiger partial charge in [0.25, 0.3) is 5.56 Å². The molecule has 4 rings (SSSR count). The maximum atomic E-state index is 12.6. The van der Waals surface area contributed by atoms with Crippen LogP contribution in [-0.4, -0.2) is 24.5 Å². The summed E-state index contributed by atoms with van der Waals surface area (Å²) in [5, 5.41) is 13.0. The molecule has 2 aromatic carbocycles. The number of hydrogen-bond donors (Lipinski definition) is 1. The third-order valence-corrected chi connectivity index (χ3v) is 4.68. The number of nitrogens with zero attached hydrogens (tertiary/aromatic N) is 4. The van der Waals surface area contributed by atoms with E-state index in [1.165, 1.54) is 4.68 Å². The number of aromatic amines is 1. The van der Waals surface area contributed by atoms with Gasteiger partial charge in [0, 0.05) is 11.8 Å². The summed E-state index contributed by atoms with van der Waals surface area (Å²) < 4.78 is 3.92. The van der Waals surface area contributed by atoms with Crippen molar-refractivity contribution in [1.29, 1.82) is 0 Å². The van der Waals surface area contributed by atoms with Crippen molar-refractivity contribution in [2.75, 3.05) is 0 Å². The molecule has 0 aliphatic rings. The molecule has 0 saturated carbocycles. The van der Waals surface area contributed by atoms with Crippen LogP contribution in [0.4, 0.5) is 0 Å². The van der Waals surface area contributed by atoms with Crippen LogP contribution in [0.1, 0.15) is 11.4 Å². The van der Waals surface area contributed by atoms with Crippen LogP contribution in [-0.2, 0) is 13.0 Å². The molecular formula is C19H17N5OS. The van der Waals surface area contributed by atoms with Gasteiger partial charge in [-0.1, -0.05) is 36.4 Å².